The lowest BCUT2D eigenvalue weighted by Crippen LogP contribution is -2.44. The van der Waals surface area contributed by atoms with Gasteiger partial charge < -0.3 is 20.1 Å². The predicted molar refractivity (Wildman–Crippen MR) is 111 cm³/mol. The smallest absolute Gasteiger partial charge is 0.191 e. The summed E-state index contributed by atoms with van der Waals surface area (Å²) in [5, 5.41) is 6.72. The molecule has 5 nitrogen and oxygen atoms in total. The summed E-state index contributed by atoms with van der Waals surface area (Å²) in [4.78, 5) is 4.66. The molecule has 1 unspecified atom stereocenters. The lowest BCUT2D eigenvalue weighted by molar-refractivity contribution is 0.146. The van der Waals surface area contributed by atoms with Gasteiger partial charge in [0.25, 0.3) is 0 Å². The zero-order valence-corrected chi connectivity index (χ0v) is 17.8. The largest absolute Gasteiger partial charge is 0.491 e. The van der Waals surface area contributed by atoms with Crippen LogP contribution in [0.25, 0.3) is 0 Å². The first-order valence-corrected chi connectivity index (χ1v) is 8.32. The van der Waals surface area contributed by atoms with Crippen molar-refractivity contribution in [1.29, 1.82) is 0 Å². The summed E-state index contributed by atoms with van der Waals surface area (Å²) in [7, 11) is 1.67. The van der Waals surface area contributed by atoms with Crippen LogP contribution in [0.2, 0.25) is 0 Å². The second-order valence-electron chi connectivity index (χ2n) is 5.86. The zero-order valence-electron chi connectivity index (χ0n) is 15.5. The molecule has 0 spiro atoms. The number of ether oxygens (including phenoxy) is 2. The maximum Gasteiger partial charge on any atom is 0.191 e. The van der Waals surface area contributed by atoms with Gasteiger partial charge in [0.05, 0.1) is 13.2 Å². The minimum atomic E-state index is 0. The quantitative estimate of drug-likeness (QED) is 0.263. The topological polar surface area (TPSA) is 54.9 Å². The van der Waals surface area contributed by atoms with Gasteiger partial charge in [-0.3, -0.25) is 0 Å². The molecule has 0 aromatic heterocycles. The third-order valence-electron chi connectivity index (χ3n) is 3.58. The molecule has 1 rings (SSSR count). The second kappa shape index (κ2) is 13.3. The van der Waals surface area contributed by atoms with Crippen molar-refractivity contribution in [3.63, 3.8) is 0 Å². The Morgan fingerprint density at radius 2 is 1.96 bits per heavy atom. The van der Waals surface area contributed by atoms with Crippen LogP contribution in [0.15, 0.2) is 29.3 Å². The maximum atomic E-state index is 5.63. The number of nitrogens with one attached hydrogen (secondary N) is 2. The zero-order chi connectivity index (χ0) is 17.1. The Kier molecular flexibility index (Phi) is 12.7. The molecule has 0 radical (unpaired) electrons. The molecular formula is C18H32IN3O2. The van der Waals surface area contributed by atoms with Crippen LogP contribution in [0.1, 0.15) is 33.3 Å². The van der Waals surface area contributed by atoms with Crippen LogP contribution in [-0.4, -0.2) is 38.9 Å². The highest BCUT2D eigenvalue weighted by molar-refractivity contribution is 14.0. The minimum Gasteiger partial charge on any atom is -0.491 e. The summed E-state index contributed by atoms with van der Waals surface area (Å²) >= 11 is 0. The van der Waals surface area contributed by atoms with Gasteiger partial charge in [-0.15, -0.1) is 24.0 Å². The van der Waals surface area contributed by atoms with Crippen molar-refractivity contribution in [3.8, 4) is 5.75 Å². The van der Waals surface area contributed by atoms with Gasteiger partial charge in [-0.25, -0.2) is 4.99 Å². The number of aliphatic imine (C=N–C) groups is 1. The van der Waals surface area contributed by atoms with E-state index in [1.807, 2.05) is 18.2 Å². The molecular weight excluding hydrogens is 417 g/mol. The highest BCUT2D eigenvalue weighted by Gasteiger charge is 2.08. The van der Waals surface area contributed by atoms with Crippen LogP contribution < -0.4 is 15.4 Å². The molecule has 24 heavy (non-hydrogen) atoms. The number of halogens is 1. The Morgan fingerprint density at radius 1 is 1.21 bits per heavy atom. The Hall–Kier alpha value is -1.02. The van der Waals surface area contributed by atoms with Crippen LogP contribution in [-0.2, 0) is 11.3 Å². The number of guanidine groups is 1. The molecule has 0 amide bonds. The first-order chi connectivity index (χ1) is 11.1. The average Bonchev–Trinajstić information content (AvgIpc) is 2.53. The van der Waals surface area contributed by atoms with E-state index in [0.29, 0.717) is 31.7 Å². The van der Waals surface area contributed by atoms with E-state index in [2.05, 4.69) is 49.4 Å². The van der Waals surface area contributed by atoms with E-state index in [9.17, 15) is 0 Å². The van der Waals surface area contributed by atoms with Crippen LogP contribution in [0, 0.1) is 5.92 Å². The number of benzene rings is 1. The Morgan fingerprint density at radius 3 is 2.58 bits per heavy atom. The molecule has 0 saturated carbocycles. The minimum absolute atomic E-state index is 0. The van der Waals surface area contributed by atoms with E-state index in [1.165, 1.54) is 0 Å². The Labute approximate surface area is 163 Å². The van der Waals surface area contributed by atoms with Crippen molar-refractivity contribution in [2.75, 3.05) is 26.9 Å². The molecule has 0 fully saturated rings. The molecule has 1 aromatic carbocycles. The van der Waals surface area contributed by atoms with E-state index < -0.39 is 0 Å². The fourth-order valence-corrected chi connectivity index (χ4v) is 1.85. The van der Waals surface area contributed by atoms with E-state index in [-0.39, 0.29) is 24.0 Å². The van der Waals surface area contributed by atoms with Gasteiger partial charge in [-0.2, -0.15) is 0 Å². The maximum absolute atomic E-state index is 5.63. The summed E-state index contributed by atoms with van der Waals surface area (Å²) in [6.07, 6.45) is 0. The average molecular weight is 449 g/mol. The monoisotopic (exact) mass is 449 g/mol. The molecule has 0 saturated heterocycles. The molecule has 0 bridgehead atoms. The highest BCUT2D eigenvalue weighted by atomic mass is 127. The third-order valence-corrected chi connectivity index (χ3v) is 3.58. The Bertz CT molecular complexity index is 481. The van der Waals surface area contributed by atoms with Gasteiger partial charge in [0.2, 0.25) is 0 Å². The molecule has 0 aliphatic heterocycles. The standard InChI is InChI=1S/C18H31N3O2.HI/c1-6-19-18(21-15(4)14(2)3)20-13-16-8-7-9-17(12-16)23-11-10-22-5;/h7-9,12,14-15H,6,10-11,13H2,1-5H3,(H2,19,20,21);1H. The molecule has 0 aliphatic rings. The molecule has 6 heteroatoms. The van der Waals surface area contributed by atoms with Crippen molar-refractivity contribution in [3.05, 3.63) is 29.8 Å². The van der Waals surface area contributed by atoms with E-state index in [4.69, 9.17) is 9.47 Å². The number of methoxy groups -OCH3 is 1. The first kappa shape index (κ1) is 23.0. The molecule has 0 aliphatic carbocycles. The lowest BCUT2D eigenvalue weighted by Gasteiger charge is -2.20. The molecule has 138 valence electrons. The van der Waals surface area contributed by atoms with Crippen LogP contribution in [0.4, 0.5) is 0 Å². The van der Waals surface area contributed by atoms with E-state index in [0.717, 1.165) is 23.8 Å². The lowest BCUT2D eigenvalue weighted by atomic mass is 10.1. The van der Waals surface area contributed by atoms with Gasteiger partial charge in [-0.05, 0) is 37.5 Å². The van der Waals surface area contributed by atoms with E-state index in [1.54, 1.807) is 7.11 Å². The van der Waals surface area contributed by atoms with Crippen LogP contribution >= 0.6 is 24.0 Å². The highest BCUT2D eigenvalue weighted by Crippen LogP contribution is 2.14. The predicted octanol–water partition coefficient (Wildman–Crippen LogP) is 3.43. The van der Waals surface area contributed by atoms with Gasteiger partial charge >= 0.3 is 0 Å². The van der Waals surface area contributed by atoms with Crippen molar-refractivity contribution in [2.45, 2.75) is 40.3 Å². The SMILES string of the molecule is CCNC(=NCc1cccc(OCCOC)c1)NC(C)C(C)C.I. The van der Waals surface area contributed by atoms with Crippen molar-refractivity contribution in [1.82, 2.24) is 10.6 Å². The Balaban J connectivity index is 0.00000529. The molecule has 2 N–H and O–H groups in total. The molecule has 1 atom stereocenters. The number of nitrogens with zero attached hydrogens (tertiary/aromatic N) is 1. The number of hydrogen-bond acceptors (Lipinski definition) is 3. The van der Waals surface area contributed by atoms with Crippen molar-refractivity contribution < 1.29 is 9.47 Å². The summed E-state index contributed by atoms with van der Waals surface area (Å²) in [6, 6.07) is 8.39. The summed E-state index contributed by atoms with van der Waals surface area (Å²) < 4.78 is 10.6. The fourth-order valence-electron chi connectivity index (χ4n) is 1.85. The van der Waals surface area contributed by atoms with Gasteiger partial charge in [0.15, 0.2) is 5.96 Å². The summed E-state index contributed by atoms with van der Waals surface area (Å²) in [6.45, 7) is 11.2. The van der Waals surface area contributed by atoms with Gasteiger partial charge in [0.1, 0.15) is 12.4 Å². The van der Waals surface area contributed by atoms with Crippen molar-refractivity contribution in [2.24, 2.45) is 10.9 Å². The van der Waals surface area contributed by atoms with Gasteiger partial charge in [-0.1, -0.05) is 26.0 Å². The summed E-state index contributed by atoms with van der Waals surface area (Å²) in [5.74, 6) is 2.25. The van der Waals surface area contributed by atoms with Crippen LogP contribution in [0.3, 0.4) is 0 Å². The number of hydrogen-bond donors (Lipinski definition) is 2. The van der Waals surface area contributed by atoms with Crippen molar-refractivity contribution >= 4 is 29.9 Å². The summed E-state index contributed by atoms with van der Waals surface area (Å²) in [5.41, 5.74) is 1.12. The molecule has 0 heterocycles. The van der Waals surface area contributed by atoms with E-state index >= 15 is 0 Å². The van der Waals surface area contributed by atoms with Gasteiger partial charge in [0, 0.05) is 19.7 Å². The number of rotatable bonds is 9. The second-order valence-corrected chi connectivity index (χ2v) is 5.86. The first-order valence-electron chi connectivity index (χ1n) is 8.32. The van der Waals surface area contributed by atoms with Crippen LogP contribution in [0.5, 0.6) is 5.75 Å². The fraction of sp³-hybridized carbons (Fsp3) is 0.611. The third kappa shape index (κ3) is 9.32. The normalized spacial score (nSPS) is 12.5. The molecule has 1 aromatic rings.